The van der Waals surface area contributed by atoms with Crippen LogP contribution in [0.5, 0.6) is 0 Å². The maximum atomic E-state index is 13.2. The average molecular weight is 439 g/mol. The third kappa shape index (κ3) is 4.59. The summed E-state index contributed by atoms with van der Waals surface area (Å²) in [6.45, 7) is 2.17. The number of allylic oxidation sites excluding steroid dienone is 1. The highest BCUT2D eigenvalue weighted by molar-refractivity contribution is 8.04. The molecule has 2 aromatic carbocycles. The van der Waals surface area contributed by atoms with Gasteiger partial charge >= 0.3 is 11.9 Å². The van der Waals surface area contributed by atoms with Gasteiger partial charge in [-0.3, -0.25) is 4.79 Å². The number of aryl methyl sites for hydroxylation is 1. The van der Waals surface area contributed by atoms with Crippen LogP contribution in [0.3, 0.4) is 0 Å². The van der Waals surface area contributed by atoms with Gasteiger partial charge < -0.3 is 5.32 Å². The summed E-state index contributed by atoms with van der Waals surface area (Å²) >= 11 is 1.30. The number of amides is 4. The SMILES string of the molecule is Cc1ccc(CNC(=O)C[N+]2=C3C=CSC3C(=O)N(Cc3ccc(F)cc3)C2=O)cc1. The van der Waals surface area contributed by atoms with Crippen LogP contribution in [0.15, 0.2) is 60.0 Å². The number of fused-ring (bicyclic) bond motifs is 1. The first-order valence-electron chi connectivity index (χ1n) is 9.81. The third-order valence-electron chi connectivity index (χ3n) is 5.15. The number of urea groups is 1. The van der Waals surface area contributed by atoms with Crippen molar-refractivity contribution in [2.75, 3.05) is 6.54 Å². The molecule has 31 heavy (non-hydrogen) atoms. The number of imide groups is 1. The maximum absolute atomic E-state index is 13.2. The van der Waals surface area contributed by atoms with Crippen molar-refractivity contribution in [2.45, 2.75) is 25.3 Å². The molecule has 0 aromatic heterocycles. The van der Waals surface area contributed by atoms with Gasteiger partial charge in [0.25, 0.3) is 5.91 Å². The fourth-order valence-corrected chi connectivity index (χ4v) is 4.40. The van der Waals surface area contributed by atoms with Gasteiger partial charge in [-0.2, -0.15) is 14.3 Å². The summed E-state index contributed by atoms with van der Waals surface area (Å²) in [4.78, 5) is 39.7. The summed E-state index contributed by atoms with van der Waals surface area (Å²) in [5.74, 6) is -1.05. The highest BCUT2D eigenvalue weighted by Gasteiger charge is 2.49. The molecule has 0 fully saturated rings. The van der Waals surface area contributed by atoms with Crippen molar-refractivity contribution in [1.29, 1.82) is 0 Å². The number of halogens is 1. The van der Waals surface area contributed by atoms with E-state index in [4.69, 9.17) is 0 Å². The minimum atomic E-state index is -0.567. The molecule has 1 atom stereocenters. The lowest BCUT2D eigenvalue weighted by Gasteiger charge is -2.24. The Morgan fingerprint density at radius 2 is 1.77 bits per heavy atom. The zero-order valence-electron chi connectivity index (χ0n) is 16.9. The largest absolute Gasteiger partial charge is 0.501 e. The van der Waals surface area contributed by atoms with Crippen LogP contribution in [0.4, 0.5) is 9.18 Å². The summed E-state index contributed by atoms with van der Waals surface area (Å²) in [5, 5.41) is 4.01. The quantitative estimate of drug-likeness (QED) is 0.704. The van der Waals surface area contributed by atoms with E-state index in [1.807, 2.05) is 31.2 Å². The number of nitrogens with zero attached hydrogens (tertiary/aromatic N) is 2. The second kappa shape index (κ2) is 8.85. The molecule has 0 saturated carbocycles. The van der Waals surface area contributed by atoms with Crippen molar-refractivity contribution in [3.05, 3.63) is 82.5 Å². The Labute approximate surface area is 183 Å². The molecule has 2 aromatic rings. The van der Waals surface area contributed by atoms with Gasteiger partial charge in [0.15, 0.2) is 11.8 Å². The first kappa shape index (κ1) is 21.0. The first-order chi connectivity index (χ1) is 14.9. The van der Waals surface area contributed by atoms with Crippen LogP contribution < -0.4 is 5.32 Å². The Morgan fingerprint density at radius 3 is 2.48 bits per heavy atom. The van der Waals surface area contributed by atoms with Crippen LogP contribution in [0.1, 0.15) is 16.7 Å². The third-order valence-corrected chi connectivity index (χ3v) is 6.16. The molecule has 0 saturated heterocycles. The lowest BCUT2D eigenvalue weighted by molar-refractivity contribution is -0.427. The van der Waals surface area contributed by atoms with E-state index in [-0.39, 0.29) is 24.9 Å². The molecule has 0 aliphatic carbocycles. The second-order valence-electron chi connectivity index (χ2n) is 7.43. The Bertz CT molecular complexity index is 1090. The summed E-state index contributed by atoms with van der Waals surface area (Å²) < 4.78 is 14.5. The zero-order valence-corrected chi connectivity index (χ0v) is 17.7. The van der Waals surface area contributed by atoms with Crippen molar-refractivity contribution in [2.24, 2.45) is 0 Å². The Kier molecular flexibility index (Phi) is 5.99. The van der Waals surface area contributed by atoms with Crippen molar-refractivity contribution < 1.29 is 23.3 Å². The second-order valence-corrected chi connectivity index (χ2v) is 8.44. The molecule has 2 aliphatic heterocycles. The van der Waals surface area contributed by atoms with Crippen molar-refractivity contribution in [3.8, 4) is 0 Å². The predicted octanol–water partition coefficient (Wildman–Crippen LogP) is 3.00. The van der Waals surface area contributed by atoms with Gasteiger partial charge in [0.05, 0.1) is 0 Å². The van der Waals surface area contributed by atoms with E-state index in [9.17, 15) is 18.8 Å². The summed E-state index contributed by atoms with van der Waals surface area (Å²) in [6, 6.07) is 12.9. The van der Waals surface area contributed by atoms with Crippen LogP contribution >= 0.6 is 11.8 Å². The van der Waals surface area contributed by atoms with E-state index in [1.165, 1.54) is 40.6 Å². The van der Waals surface area contributed by atoms with Crippen molar-refractivity contribution in [1.82, 2.24) is 10.2 Å². The van der Waals surface area contributed by atoms with Gasteiger partial charge in [0, 0.05) is 6.54 Å². The highest BCUT2D eigenvalue weighted by Crippen LogP contribution is 2.28. The highest BCUT2D eigenvalue weighted by atomic mass is 32.2. The van der Waals surface area contributed by atoms with E-state index < -0.39 is 17.1 Å². The number of nitrogens with one attached hydrogen (secondary N) is 1. The average Bonchev–Trinajstić information content (AvgIpc) is 3.25. The number of carbonyl (C=O) groups is 3. The molecule has 0 spiro atoms. The molecule has 2 heterocycles. The Hall–Kier alpha value is -3.26. The molecular weight excluding hydrogens is 417 g/mol. The fraction of sp³-hybridized carbons (Fsp3) is 0.217. The lowest BCUT2D eigenvalue weighted by Crippen LogP contribution is -2.56. The van der Waals surface area contributed by atoms with Crippen LogP contribution in [-0.4, -0.2) is 44.8 Å². The van der Waals surface area contributed by atoms with Gasteiger partial charge in [-0.15, -0.1) is 11.8 Å². The Balaban J connectivity index is 1.50. The number of benzene rings is 2. The van der Waals surface area contributed by atoms with Crippen LogP contribution in [-0.2, 0) is 22.7 Å². The number of thioether (sulfide) groups is 1. The van der Waals surface area contributed by atoms with Gasteiger partial charge in [-0.05, 0) is 41.7 Å². The van der Waals surface area contributed by atoms with Gasteiger partial charge in [-0.25, -0.2) is 9.18 Å². The van der Waals surface area contributed by atoms with Crippen LogP contribution in [0.25, 0.3) is 0 Å². The summed E-state index contributed by atoms with van der Waals surface area (Å²) in [6.07, 6.45) is 1.70. The van der Waals surface area contributed by atoms with Crippen molar-refractivity contribution in [3.63, 3.8) is 0 Å². The van der Waals surface area contributed by atoms with Gasteiger partial charge in [0.2, 0.25) is 0 Å². The predicted molar refractivity (Wildman–Crippen MR) is 116 cm³/mol. The number of rotatable bonds is 6. The van der Waals surface area contributed by atoms with E-state index in [1.54, 1.807) is 11.5 Å². The van der Waals surface area contributed by atoms with Gasteiger partial charge in [0.1, 0.15) is 18.1 Å². The minimum absolute atomic E-state index is 0.0176. The summed E-state index contributed by atoms with van der Waals surface area (Å²) in [5.41, 5.74) is 3.24. The van der Waals surface area contributed by atoms with Crippen LogP contribution in [0.2, 0.25) is 0 Å². The lowest BCUT2D eigenvalue weighted by atomic mass is 10.1. The maximum Gasteiger partial charge on any atom is 0.501 e. The Morgan fingerprint density at radius 1 is 1.10 bits per heavy atom. The molecule has 6 nitrogen and oxygen atoms in total. The molecule has 2 aliphatic rings. The summed E-state index contributed by atoms with van der Waals surface area (Å²) in [7, 11) is 0. The molecule has 0 bridgehead atoms. The minimum Gasteiger partial charge on any atom is -0.349 e. The number of hydrogen-bond acceptors (Lipinski definition) is 4. The molecule has 4 amide bonds. The monoisotopic (exact) mass is 438 g/mol. The molecule has 0 radical (unpaired) electrons. The molecule has 4 rings (SSSR count). The van der Waals surface area contributed by atoms with E-state index in [0.29, 0.717) is 17.8 Å². The normalized spacial score (nSPS) is 17.9. The van der Waals surface area contributed by atoms with Gasteiger partial charge in [-0.1, -0.05) is 42.0 Å². The van der Waals surface area contributed by atoms with Crippen molar-refractivity contribution >= 4 is 35.3 Å². The standard InChI is InChI=1S/C23H20FN3O3S/c1-15-2-4-16(5-3-15)12-25-20(28)14-26-19-10-11-31-21(19)22(29)27(23(26)30)13-17-6-8-18(24)9-7-17/h2-11,21H,12-14H2,1H3/p+1. The number of hydrogen-bond donors (Lipinski definition) is 1. The molecule has 158 valence electrons. The van der Waals surface area contributed by atoms with E-state index in [2.05, 4.69) is 5.32 Å². The molecular formula is C23H21FN3O3S+. The first-order valence-corrected chi connectivity index (χ1v) is 10.7. The fourth-order valence-electron chi connectivity index (χ4n) is 3.44. The zero-order chi connectivity index (χ0) is 22.0. The van der Waals surface area contributed by atoms with E-state index >= 15 is 0 Å². The van der Waals surface area contributed by atoms with Crippen LogP contribution in [0, 0.1) is 12.7 Å². The smallest absolute Gasteiger partial charge is 0.349 e. The molecule has 1 unspecified atom stereocenters. The molecule has 1 N–H and O–H groups in total. The van der Waals surface area contributed by atoms with E-state index in [0.717, 1.165) is 16.0 Å². The molecule has 8 heteroatoms. The topological polar surface area (TPSA) is 69.5 Å². The number of carbonyl (C=O) groups excluding carboxylic acids is 3.